The van der Waals surface area contributed by atoms with E-state index in [4.69, 9.17) is 0 Å². The van der Waals surface area contributed by atoms with E-state index in [2.05, 4.69) is 10.6 Å². The van der Waals surface area contributed by atoms with Gasteiger partial charge in [0.25, 0.3) is 0 Å². The first kappa shape index (κ1) is 13.0. The number of hydrogen-bond acceptors (Lipinski definition) is 3. The minimum atomic E-state index is -0.119. The summed E-state index contributed by atoms with van der Waals surface area (Å²) in [6.07, 6.45) is 3.09. The van der Waals surface area contributed by atoms with Crippen molar-refractivity contribution in [2.24, 2.45) is 0 Å². The molecule has 0 aromatic carbocycles. The van der Waals surface area contributed by atoms with Crippen LogP contribution in [0.4, 0.5) is 0 Å². The van der Waals surface area contributed by atoms with Crippen molar-refractivity contribution in [1.82, 2.24) is 15.5 Å². The molecule has 1 atom stereocenters. The zero-order chi connectivity index (χ0) is 12.0. The second-order valence-electron chi connectivity index (χ2n) is 4.03. The molecule has 0 bridgehead atoms. The highest BCUT2D eigenvalue weighted by Gasteiger charge is 2.25. The molecule has 0 aliphatic carbocycles. The standard InChI is InChI=1S/C11H21N3O2/c1-3-14(8-10(15)12-2)11(16)9-6-4-5-7-13-9/h9,13H,3-8H2,1-2H3,(H,12,15)/t9-/m1/s1. The van der Waals surface area contributed by atoms with Crippen molar-refractivity contribution in [3.8, 4) is 0 Å². The Labute approximate surface area is 96.6 Å². The Hall–Kier alpha value is -1.10. The molecular formula is C11H21N3O2. The van der Waals surface area contributed by atoms with Gasteiger partial charge in [0, 0.05) is 13.6 Å². The van der Waals surface area contributed by atoms with E-state index in [0.29, 0.717) is 6.54 Å². The number of piperidine rings is 1. The van der Waals surface area contributed by atoms with E-state index >= 15 is 0 Å². The molecule has 5 nitrogen and oxygen atoms in total. The van der Waals surface area contributed by atoms with Gasteiger partial charge in [0.15, 0.2) is 0 Å². The third-order valence-corrected chi connectivity index (χ3v) is 2.92. The Morgan fingerprint density at radius 2 is 2.19 bits per heavy atom. The number of nitrogens with one attached hydrogen (secondary N) is 2. The molecule has 0 aromatic heterocycles. The zero-order valence-electron chi connectivity index (χ0n) is 10.1. The molecule has 1 aliphatic heterocycles. The van der Waals surface area contributed by atoms with Gasteiger partial charge in [0.1, 0.15) is 0 Å². The van der Waals surface area contributed by atoms with E-state index in [1.54, 1.807) is 11.9 Å². The van der Waals surface area contributed by atoms with Crippen molar-refractivity contribution < 1.29 is 9.59 Å². The maximum atomic E-state index is 12.1. The summed E-state index contributed by atoms with van der Waals surface area (Å²) in [5, 5.41) is 5.74. The number of rotatable bonds is 4. The molecule has 1 aliphatic rings. The fourth-order valence-electron chi connectivity index (χ4n) is 1.88. The van der Waals surface area contributed by atoms with Crippen molar-refractivity contribution in [1.29, 1.82) is 0 Å². The van der Waals surface area contributed by atoms with E-state index in [1.165, 1.54) is 0 Å². The molecule has 0 aromatic rings. The number of nitrogens with zero attached hydrogens (tertiary/aromatic N) is 1. The lowest BCUT2D eigenvalue weighted by molar-refractivity contribution is -0.137. The van der Waals surface area contributed by atoms with Crippen LogP contribution in [0.1, 0.15) is 26.2 Å². The van der Waals surface area contributed by atoms with Crippen molar-refractivity contribution in [2.45, 2.75) is 32.2 Å². The van der Waals surface area contributed by atoms with Crippen LogP contribution in [0.15, 0.2) is 0 Å². The van der Waals surface area contributed by atoms with Gasteiger partial charge in [-0.05, 0) is 26.3 Å². The SMILES string of the molecule is CCN(CC(=O)NC)C(=O)[C@H]1CCCCN1. The summed E-state index contributed by atoms with van der Waals surface area (Å²) in [4.78, 5) is 24.9. The molecule has 1 heterocycles. The van der Waals surface area contributed by atoms with Crippen LogP contribution in [0, 0.1) is 0 Å². The fourth-order valence-corrected chi connectivity index (χ4v) is 1.88. The Morgan fingerprint density at radius 3 is 2.69 bits per heavy atom. The van der Waals surface area contributed by atoms with Crippen molar-refractivity contribution >= 4 is 11.8 Å². The number of amides is 2. The van der Waals surface area contributed by atoms with Gasteiger partial charge < -0.3 is 15.5 Å². The Balaban J connectivity index is 2.50. The normalized spacial score (nSPS) is 20.2. The summed E-state index contributed by atoms with van der Waals surface area (Å²) in [5.74, 6) is -0.0724. The first-order chi connectivity index (χ1) is 7.69. The molecule has 2 N–H and O–H groups in total. The third-order valence-electron chi connectivity index (χ3n) is 2.92. The Bertz CT molecular complexity index is 250. The molecule has 1 saturated heterocycles. The van der Waals surface area contributed by atoms with Crippen molar-refractivity contribution in [2.75, 3.05) is 26.7 Å². The average molecular weight is 227 g/mol. The highest BCUT2D eigenvalue weighted by molar-refractivity contribution is 5.87. The Kier molecular flexibility index (Phi) is 5.25. The maximum Gasteiger partial charge on any atom is 0.240 e. The highest BCUT2D eigenvalue weighted by atomic mass is 16.2. The zero-order valence-corrected chi connectivity index (χ0v) is 10.1. The first-order valence-electron chi connectivity index (χ1n) is 5.91. The minimum Gasteiger partial charge on any atom is -0.358 e. The average Bonchev–Trinajstić information content (AvgIpc) is 2.35. The van der Waals surface area contributed by atoms with Crippen LogP contribution < -0.4 is 10.6 Å². The summed E-state index contributed by atoms with van der Waals surface area (Å²) in [5.41, 5.74) is 0. The van der Waals surface area contributed by atoms with E-state index in [9.17, 15) is 9.59 Å². The minimum absolute atomic E-state index is 0.0470. The molecule has 92 valence electrons. The third kappa shape index (κ3) is 3.48. The molecule has 1 fully saturated rings. The van der Waals surface area contributed by atoms with Gasteiger partial charge in [-0.2, -0.15) is 0 Å². The molecule has 0 saturated carbocycles. The second-order valence-corrected chi connectivity index (χ2v) is 4.03. The van der Waals surface area contributed by atoms with Crippen molar-refractivity contribution in [3.05, 3.63) is 0 Å². The number of hydrogen-bond donors (Lipinski definition) is 2. The van der Waals surface area contributed by atoms with Crippen molar-refractivity contribution in [3.63, 3.8) is 0 Å². The van der Waals surface area contributed by atoms with E-state index in [1.807, 2.05) is 6.92 Å². The number of carbonyl (C=O) groups excluding carboxylic acids is 2. The van der Waals surface area contributed by atoms with Gasteiger partial charge in [-0.3, -0.25) is 9.59 Å². The lowest BCUT2D eigenvalue weighted by atomic mass is 10.0. The molecule has 5 heteroatoms. The van der Waals surface area contributed by atoms with Gasteiger partial charge in [-0.25, -0.2) is 0 Å². The van der Waals surface area contributed by atoms with Crippen LogP contribution in [0.25, 0.3) is 0 Å². The summed E-state index contributed by atoms with van der Waals surface area (Å²) in [7, 11) is 1.58. The summed E-state index contributed by atoms with van der Waals surface area (Å²) < 4.78 is 0. The molecule has 1 rings (SSSR count). The van der Waals surface area contributed by atoms with Gasteiger partial charge in [0.2, 0.25) is 11.8 Å². The quantitative estimate of drug-likeness (QED) is 0.694. The van der Waals surface area contributed by atoms with Crippen LogP contribution in [-0.4, -0.2) is 49.4 Å². The fraction of sp³-hybridized carbons (Fsp3) is 0.818. The van der Waals surface area contributed by atoms with Crippen LogP contribution in [-0.2, 0) is 9.59 Å². The predicted molar refractivity (Wildman–Crippen MR) is 62.0 cm³/mol. The monoisotopic (exact) mass is 227 g/mol. The second kappa shape index (κ2) is 6.48. The molecule has 0 unspecified atom stereocenters. The lowest BCUT2D eigenvalue weighted by Crippen LogP contribution is -2.50. The predicted octanol–water partition coefficient (Wildman–Crippen LogP) is -0.277. The highest BCUT2D eigenvalue weighted by Crippen LogP contribution is 2.09. The van der Waals surface area contributed by atoms with Gasteiger partial charge in [-0.1, -0.05) is 6.42 Å². The summed E-state index contributed by atoms with van der Waals surface area (Å²) >= 11 is 0. The summed E-state index contributed by atoms with van der Waals surface area (Å²) in [6.45, 7) is 3.52. The molecule has 2 amide bonds. The smallest absolute Gasteiger partial charge is 0.240 e. The molecule has 16 heavy (non-hydrogen) atoms. The first-order valence-corrected chi connectivity index (χ1v) is 5.91. The van der Waals surface area contributed by atoms with Crippen LogP contribution >= 0.6 is 0 Å². The molecule has 0 spiro atoms. The summed E-state index contributed by atoms with van der Waals surface area (Å²) in [6, 6.07) is -0.0987. The number of likely N-dealkylation sites (N-methyl/N-ethyl adjacent to an activating group) is 2. The van der Waals surface area contributed by atoms with E-state index < -0.39 is 0 Å². The number of carbonyl (C=O) groups is 2. The Morgan fingerprint density at radius 1 is 1.44 bits per heavy atom. The lowest BCUT2D eigenvalue weighted by Gasteiger charge is -2.28. The topological polar surface area (TPSA) is 61.4 Å². The van der Waals surface area contributed by atoms with Crippen LogP contribution in [0.2, 0.25) is 0 Å². The van der Waals surface area contributed by atoms with Gasteiger partial charge in [-0.15, -0.1) is 0 Å². The van der Waals surface area contributed by atoms with E-state index in [0.717, 1.165) is 25.8 Å². The maximum absolute atomic E-state index is 12.1. The molecular weight excluding hydrogens is 206 g/mol. The van der Waals surface area contributed by atoms with Crippen LogP contribution in [0.3, 0.4) is 0 Å². The van der Waals surface area contributed by atoms with E-state index in [-0.39, 0.29) is 24.4 Å². The largest absolute Gasteiger partial charge is 0.358 e. The van der Waals surface area contributed by atoms with Gasteiger partial charge in [0.05, 0.1) is 12.6 Å². The van der Waals surface area contributed by atoms with Gasteiger partial charge >= 0.3 is 0 Å². The molecule has 0 radical (unpaired) electrons. The van der Waals surface area contributed by atoms with Crippen LogP contribution in [0.5, 0.6) is 0 Å².